The number of aliphatic hydroxyl groups is 3. The van der Waals surface area contributed by atoms with Gasteiger partial charge in [0, 0.05) is 6.61 Å². The summed E-state index contributed by atoms with van der Waals surface area (Å²) in [6.45, 7) is 1.92. The van der Waals surface area contributed by atoms with Crippen molar-refractivity contribution in [1.29, 1.82) is 0 Å². The van der Waals surface area contributed by atoms with Crippen LogP contribution in [0.1, 0.15) is 6.92 Å². The van der Waals surface area contributed by atoms with E-state index in [-0.39, 0.29) is 6.61 Å². The van der Waals surface area contributed by atoms with E-state index in [1.807, 2.05) is 0 Å². The first-order chi connectivity index (χ1) is 4.72. The van der Waals surface area contributed by atoms with E-state index in [0.29, 0.717) is 6.61 Å². The Morgan fingerprint density at radius 1 is 1.30 bits per heavy atom. The maximum Gasteiger partial charge on any atom is 0.105 e. The van der Waals surface area contributed by atoms with E-state index in [4.69, 9.17) is 20.1 Å². The molecule has 0 aliphatic heterocycles. The molecule has 0 heterocycles. The van der Waals surface area contributed by atoms with Gasteiger partial charge < -0.3 is 20.1 Å². The molecule has 0 aromatic rings. The van der Waals surface area contributed by atoms with Gasteiger partial charge >= 0.3 is 0 Å². The highest BCUT2D eigenvalue weighted by molar-refractivity contribution is 4.63. The Morgan fingerprint density at radius 2 is 1.90 bits per heavy atom. The summed E-state index contributed by atoms with van der Waals surface area (Å²) >= 11 is 0. The van der Waals surface area contributed by atoms with Gasteiger partial charge in [-0.05, 0) is 6.92 Å². The molecule has 0 aromatic heterocycles. The molecule has 0 saturated heterocycles. The lowest BCUT2D eigenvalue weighted by Crippen LogP contribution is -2.33. The van der Waals surface area contributed by atoms with Crippen molar-refractivity contribution in [3.8, 4) is 0 Å². The van der Waals surface area contributed by atoms with Gasteiger partial charge in [0.25, 0.3) is 0 Å². The van der Waals surface area contributed by atoms with Crippen molar-refractivity contribution in [2.75, 3.05) is 19.8 Å². The number of hydrogen-bond donors (Lipinski definition) is 3. The zero-order valence-corrected chi connectivity index (χ0v) is 6.03. The zero-order chi connectivity index (χ0) is 7.98. The van der Waals surface area contributed by atoms with Gasteiger partial charge in [-0.2, -0.15) is 0 Å². The SMILES string of the molecule is CCOC[C@H](O)[C@H](O)CO. The minimum Gasteiger partial charge on any atom is -0.394 e. The summed E-state index contributed by atoms with van der Waals surface area (Å²) in [5.41, 5.74) is 0. The van der Waals surface area contributed by atoms with Crippen LogP contribution in [0, 0.1) is 0 Å². The zero-order valence-electron chi connectivity index (χ0n) is 6.03. The minimum absolute atomic E-state index is 0.0677. The third-order valence-corrected chi connectivity index (χ3v) is 1.12. The summed E-state index contributed by atoms with van der Waals surface area (Å²) < 4.78 is 4.80. The van der Waals surface area contributed by atoms with Gasteiger partial charge in [-0.1, -0.05) is 0 Å². The van der Waals surface area contributed by atoms with Crippen LogP contribution < -0.4 is 0 Å². The van der Waals surface area contributed by atoms with Crippen molar-refractivity contribution in [1.82, 2.24) is 0 Å². The number of hydrogen-bond acceptors (Lipinski definition) is 4. The molecular weight excluding hydrogens is 136 g/mol. The average molecular weight is 150 g/mol. The molecule has 4 heteroatoms. The van der Waals surface area contributed by atoms with E-state index >= 15 is 0 Å². The van der Waals surface area contributed by atoms with E-state index in [1.165, 1.54) is 0 Å². The predicted octanol–water partition coefficient (Wildman–Crippen LogP) is -1.26. The lowest BCUT2D eigenvalue weighted by molar-refractivity contribution is -0.0548. The largest absolute Gasteiger partial charge is 0.394 e. The van der Waals surface area contributed by atoms with Gasteiger partial charge in [0.2, 0.25) is 0 Å². The second-order valence-electron chi connectivity index (χ2n) is 1.98. The molecule has 0 aliphatic rings. The number of aliphatic hydroxyl groups excluding tert-OH is 3. The molecule has 0 bridgehead atoms. The lowest BCUT2D eigenvalue weighted by Gasteiger charge is -2.14. The van der Waals surface area contributed by atoms with E-state index < -0.39 is 18.8 Å². The third kappa shape index (κ3) is 3.79. The first-order valence-electron chi connectivity index (χ1n) is 3.27. The molecule has 4 nitrogen and oxygen atoms in total. The molecule has 0 aromatic carbocycles. The van der Waals surface area contributed by atoms with Crippen LogP contribution in [0.5, 0.6) is 0 Å². The number of ether oxygens (including phenoxy) is 1. The fourth-order valence-electron chi connectivity index (χ4n) is 0.471. The second-order valence-corrected chi connectivity index (χ2v) is 1.98. The van der Waals surface area contributed by atoms with Crippen LogP contribution in [-0.4, -0.2) is 47.3 Å². The van der Waals surface area contributed by atoms with Crippen molar-refractivity contribution < 1.29 is 20.1 Å². The van der Waals surface area contributed by atoms with Crippen LogP contribution in [0.25, 0.3) is 0 Å². The Labute approximate surface area is 60.1 Å². The van der Waals surface area contributed by atoms with Crippen LogP contribution in [0.3, 0.4) is 0 Å². The van der Waals surface area contributed by atoms with E-state index in [9.17, 15) is 0 Å². The fraction of sp³-hybridized carbons (Fsp3) is 1.00. The average Bonchev–Trinajstić information content (AvgIpc) is 1.98. The summed E-state index contributed by atoms with van der Waals surface area (Å²) in [5.74, 6) is 0. The van der Waals surface area contributed by atoms with E-state index in [2.05, 4.69) is 0 Å². The van der Waals surface area contributed by atoms with E-state index in [0.717, 1.165) is 0 Å². The van der Waals surface area contributed by atoms with Crippen molar-refractivity contribution in [2.45, 2.75) is 19.1 Å². The highest BCUT2D eigenvalue weighted by Gasteiger charge is 2.13. The van der Waals surface area contributed by atoms with Gasteiger partial charge in [-0.25, -0.2) is 0 Å². The van der Waals surface area contributed by atoms with Crippen LogP contribution in [0.15, 0.2) is 0 Å². The van der Waals surface area contributed by atoms with Crippen LogP contribution in [-0.2, 0) is 4.74 Å². The first kappa shape index (κ1) is 9.84. The van der Waals surface area contributed by atoms with Gasteiger partial charge in [-0.15, -0.1) is 0 Å². The Kier molecular flexibility index (Phi) is 5.52. The van der Waals surface area contributed by atoms with Crippen molar-refractivity contribution in [3.63, 3.8) is 0 Å². The molecule has 0 rings (SSSR count). The van der Waals surface area contributed by atoms with Crippen LogP contribution in [0.4, 0.5) is 0 Å². The summed E-state index contributed by atoms with van der Waals surface area (Å²) in [6.07, 6.45) is -2.07. The number of rotatable bonds is 5. The molecule has 0 spiro atoms. The van der Waals surface area contributed by atoms with E-state index in [1.54, 1.807) is 6.92 Å². The lowest BCUT2D eigenvalue weighted by atomic mass is 10.2. The molecule has 3 N–H and O–H groups in total. The molecule has 0 saturated carbocycles. The molecule has 0 radical (unpaired) electrons. The Bertz CT molecular complexity index is 76.1. The Balaban J connectivity index is 3.31. The highest BCUT2D eigenvalue weighted by atomic mass is 16.5. The molecule has 62 valence electrons. The maximum atomic E-state index is 8.91. The highest BCUT2D eigenvalue weighted by Crippen LogP contribution is 1.92. The smallest absolute Gasteiger partial charge is 0.105 e. The molecule has 0 aliphatic carbocycles. The van der Waals surface area contributed by atoms with Gasteiger partial charge in [0.1, 0.15) is 12.2 Å². The Morgan fingerprint density at radius 3 is 2.30 bits per heavy atom. The molecule has 0 unspecified atom stereocenters. The summed E-state index contributed by atoms with van der Waals surface area (Å²) in [5, 5.41) is 26.0. The molecule has 2 atom stereocenters. The molecule has 10 heavy (non-hydrogen) atoms. The predicted molar refractivity (Wildman–Crippen MR) is 35.6 cm³/mol. The summed E-state index contributed by atoms with van der Waals surface area (Å²) in [6, 6.07) is 0. The van der Waals surface area contributed by atoms with Gasteiger partial charge in [0.15, 0.2) is 0 Å². The summed E-state index contributed by atoms with van der Waals surface area (Å²) in [4.78, 5) is 0. The van der Waals surface area contributed by atoms with Crippen molar-refractivity contribution in [2.24, 2.45) is 0 Å². The normalized spacial score (nSPS) is 16.8. The molecular formula is C6H14O4. The third-order valence-electron chi connectivity index (χ3n) is 1.12. The van der Waals surface area contributed by atoms with Crippen molar-refractivity contribution in [3.05, 3.63) is 0 Å². The van der Waals surface area contributed by atoms with Gasteiger partial charge in [0.05, 0.1) is 13.2 Å². The summed E-state index contributed by atoms with van der Waals surface area (Å²) in [7, 11) is 0. The fourth-order valence-corrected chi connectivity index (χ4v) is 0.471. The van der Waals surface area contributed by atoms with Crippen LogP contribution >= 0.6 is 0 Å². The standard InChI is InChI=1S/C6H14O4/c1-2-10-4-6(9)5(8)3-7/h5-9H,2-4H2,1H3/t5-,6+/m1/s1. The second kappa shape index (κ2) is 5.61. The minimum atomic E-state index is -1.09. The Hall–Kier alpha value is -0.160. The molecule has 0 fully saturated rings. The maximum absolute atomic E-state index is 8.91. The van der Waals surface area contributed by atoms with Gasteiger partial charge in [-0.3, -0.25) is 0 Å². The topological polar surface area (TPSA) is 69.9 Å². The molecule has 0 amide bonds. The quantitative estimate of drug-likeness (QED) is 0.457. The first-order valence-corrected chi connectivity index (χ1v) is 3.27. The van der Waals surface area contributed by atoms with Crippen molar-refractivity contribution >= 4 is 0 Å². The van der Waals surface area contributed by atoms with Crippen LogP contribution in [0.2, 0.25) is 0 Å². The monoisotopic (exact) mass is 150 g/mol.